The standard InChI is InChI=1S/C13H16BrN3O2/c14-11-5-12(17(18)19)13(15-6-11)16(7-9-1-2-9)8-10-3-4-10/h5-6,9-10H,1-4,7-8H2. The van der Waals surface area contributed by atoms with E-state index in [1.54, 1.807) is 12.3 Å². The van der Waals surface area contributed by atoms with Crippen molar-refractivity contribution < 1.29 is 4.92 Å². The van der Waals surface area contributed by atoms with Crippen LogP contribution in [0.5, 0.6) is 0 Å². The summed E-state index contributed by atoms with van der Waals surface area (Å²) >= 11 is 3.25. The van der Waals surface area contributed by atoms with Crippen LogP contribution in [0.15, 0.2) is 16.7 Å². The maximum absolute atomic E-state index is 11.2. The van der Waals surface area contributed by atoms with E-state index in [0.29, 0.717) is 22.1 Å². The molecule has 0 aromatic carbocycles. The zero-order valence-corrected chi connectivity index (χ0v) is 12.2. The van der Waals surface area contributed by atoms with E-state index < -0.39 is 0 Å². The van der Waals surface area contributed by atoms with Crippen LogP contribution < -0.4 is 4.90 Å². The van der Waals surface area contributed by atoms with Crippen LogP contribution in [-0.4, -0.2) is 23.0 Å². The molecule has 0 bridgehead atoms. The van der Waals surface area contributed by atoms with Crippen molar-refractivity contribution in [3.05, 3.63) is 26.9 Å². The lowest BCUT2D eigenvalue weighted by Crippen LogP contribution is -2.29. The van der Waals surface area contributed by atoms with Crippen LogP contribution in [0.25, 0.3) is 0 Å². The number of anilines is 1. The maximum atomic E-state index is 11.2. The summed E-state index contributed by atoms with van der Waals surface area (Å²) in [6.07, 6.45) is 6.61. The Hall–Kier alpha value is -1.17. The minimum atomic E-state index is -0.333. The molecule has 0 radical (unpaired) electrons. The summed E-state index contributed by atoms with van der Waals surface area (Å²) in [5.41, 5.74) is 0.107. The van der Waals surface area contributed by atoms with Gasteiger partial charge >= 0.3 is 5.69 Å². The van der Waals surface area contributed by atoms with E-state index in [1.807, 2.05) is 0 Å². The molecule has 0 atom stereocenters. The van der Waals surface area contributed by atoms with Crippen LogP contribution in [0.1, 0.15) is 25.7 Å². The Morgan fingerprint density at radius 3 is 2.37 bits per heavy atom. The summed E-state index contributed by atoms with van der Waals surface area (Å²) < 4.78 is 0.653. The van der Waals surface area contributed by atoms with Gasteiger partial charge in [0.1, 0.15) is 0 Å². The molecule has 1 aromatic heterocycles. The predicted molar refractivity (Wildman–Crippen MR) is 76.3 cm³/mol. The molecule has 2 aliphatic carbocycles. The fourth-order valence-electron chi connectivity index (χ4n) is 2.27. The van der Waals surface area contributed by atoms with Crippen molar-refractivity contribution >= 4 is 27.4 Å². The minimum Gasteiger partial charge on any atom is -0.350 e. The van der Waals surface area contributed by atoms with Gasteiger partial charge in [0.2, 0.25) is 5.82 Å². The van der Waals surface area contributed by atoms with Gasteiger partial charge in [0.25, 0.3) is 0 Å². The van der Waals surface area contributed by atoms with Crippen LogP contribution >= 0.6 is 15.9 Å². The molecule has 0 unspecified atom stereocenters. The molecular weight excluding hydrogens is 310 g/mol. The van der Waals surface area contributed by atoms with E-state index in [1.165, 1.54) is 25.7 Å². The molecule has 1 heterocycles. The van der Waals surface area contributed by atoms with E-state index in [2.05, 4.69) is 25.8 Å². The first kappa shape index (κ1) is 12.8. The molecule has 102 valence electrons. The Balaban J connectivity index is 1.88. The number of pyridine rings is 1. The molecule has 0 saturated heterocycles. The molecule has 2 saturated carbocycles. The Labute approximate surface area is 120 Å². The van der Waals surface area contributed by atoms with Gasteiger partial charge in [0.05, 0.1) is 4.92 Å². The molecule has 2 fully saturated rings. The van der Waals surface area contributed by atoms with Gasteiger partial charge in [-0.1, -0.05) is 0 Å². The quantitative estimate of drug-likeness (QED) is 0.594. The Morgan fingerprint density at radius 1 is 1.32 bits per heavy atom. The second-order valence-corrected chi connectivity index (χ2v) is 6.46. The summed E-state index contributed by atoms with van der Waals surface area (Å²) in [6, 6.07) is 1.55. The molecule has 0 aliphatic heterocycles. The summed E-state index contributed by atoms with van der Waals surface area (Å²) in [7, 11) is 0. The number of halogens is 1. The average Bonchev–Trinajstić information content (AvgIpc) is 3.23. The summed E-state index contributed by atoms with van der Waals surface area (Å²) in [5.74, 6) is 1.93. The van der Waals surface area contributed by atoms with Crippen molar-refractivity contribution in [2.24, 2.45) is 11.8 Å². The molecule has 0 spiro atoms. The van der Waals surface area contributed by atoms with Crippen molar-refractivity contribution in [3.63, 3.8) is 0 Å². The lowest BCUT2D eigenvalue weighted by Gasteiger charge is -2.23. The van der Waals surface area contributed by atoms with E-state index in [-0.39, 0.29) is 10.6 Å². The molecular formula is C13H16BrN3O2. The first-order chi connectivity index (χ1) is 9.13. The van der Waals surface area contributed by atoms with Gasteiger partial charge < -0.3 is 4.90 Å². The van der Waals surface area contributed by atoms with Crippen molar-refractivity contribution in [3.8, 4) is 0 Å². The lowest BCUT2D eigenvalue weighted by atomic mass is 10.2. The van der Waals surface area contributed by atoms with Gasteiger partial charge in [-0.2, -0.15) is 0 Å². The first-order valence-corrected chi connectivity index (χ1v) is 7.47. The highest BCUT2D eigenvalue weighted by Crippen LogP contribution is 2.38. The maximum Gasteiger partial charge on any atom is 0.312 e. The van der Waals surface area contributed by atoms with Gasteiger partial charge in [-0.25, -0.2) is 4.98 Å². The van der Waals surface area contributed by atoms with Crippen molar-refractivity contribution in [2.75, 3.05) is 18.0 Å². The smallest absolute Gasteiger partial charge is 0.312 e. The van der Waals surface area contributed by atoms with Crippen LogP contribution in [0.3, 0.4) is 0 Å². The van der Waals surface area contributed by atoms with Crippen molar-refractivity contribution in [1.82, 2.24) is 4.98 Å². The third kappa shape index (κ3) is 3.23. The molecule has 0 amide bonds. The molecule has 3 rings (SSSR count). The number of rotatable bonds is 6. The predicted octanol–water partition coefficient (Wildman–Crippen LogP) is 3.38. The van der Waals surface area contributed by atoms with Crippen molar-refractivity contribution in [2.45, 2.75) is 25.7 Å². The van der Waals surface area contributed by atoms with Gasteiger partial charge in [-0.15, -0.1) is 0 Å². The number of hydrogen-bond acceptors (Lipinski definition) is 4. The topological polar surface area (TPSA) is 59.3 Å². The Morgan fingerprint density at radius 2 is 1.89 bits per heavy atom. The normalized spacial score (nSPS) is 18.4. The average molecular weight is 326 g/mol. The number of nitrogens with zero attached hydrogens (tertiary/aromatic N) is 3. The monoisotopic (exact) mass is 325 g/mol. The second kappa shape index (κ2) is 5.07. The van der Waals surface area contributed by atoms with Crippen LogP contribution in [0.4, 0.5) is 11.5 Å². The molecule has 1 aromatic rings. The van der Waals surface area contributed by atoms with Crippen LogP contribution in [0.2, 0.25) is 0 Å². The molecule has 5 nitrogen and oxygen atoms in total. The molecule has 6 heteroatoms. The van der Waals surface area contributed by atoms with Crippen LogP contribution in [-0.2, 0) is 0 Å². The van der Waals surface area contributed by atoms with E-state index in [9.17, 15) is 10.1 Å². The van der Waals surface area contributed by atoms with Gasteiger partial charge in [-0.05, 0) is 53.4 Å². The third-order valence-corrected chi connectivity index (χ3v) is 4.09. The molecule has 2 aliphatic rings. The minimum absolute atomic E-state index is 0.107. The summed E-state index contributed by atoms with van der Waals surface area (Å²) in [6.45, 7) is 1.82. The Kier molecular flexibility index (Phi) is 3.43. The van der Waals surface area contributed by atoms with E-state index in [0.717, 1.165) is 13.1 Å². The lowest BCUT2D eigenvalue weighted by molar-refractivity contribution is -0.384. The highest BCUT2D eigenvalue weighted by Gasteiger charge is 2.32. The SMILES string of the molecule is O=[N+]([O-])c1cc(Br)cnc1N(CC1CC1)CC1CC1. The fraction of sp³-hybridized carbons (Fsp3) is 0.615. The van der Waals surface area contributed by atoms with E-state index >= 15 is 0 Å². The van der Waals surface area contributed by atoms with Gasteiger partial charge in [0, 0.05) is 29.8 Å². The number of hydrogen-bond donors (Lipinski definition) is 0. The summed E-state index contributed by atoms with van der Waals surface area (Å²) in [5, 5.41) is 11.2. The van der Waals surface area contributed by atoms with E-state index in [4.69, 9.17) is 0 Å². The second-order valence-electron chi connectivity index (χ2n) is 5.55. The highest BCUT2D eigenvalue weighted by molar-refractivity contribution is 9.10. The fourth-order valence-corrected chi connectivity index (χ4v) is 2.59. The zero-order chi connectivity index (χ0) is 13.4. The zero-order valence-electron chi connectivity index (χ0n) is 10.6. The first-order valence-electron chi connectivity index (χ1n) is 6.68. The molecule has 19 heavy (non-hydrogen) atoms. The Bertz CT molecular complexity index is 487. The largest absolute Gasteiger partial charge is 0.350 e. The van der Waals surface area contributed by atoms with Gasteiger partial charge in [0.15, 0.2) is 0 Å². The van der Waals surface area contributed by atoms with Gasteiger partial charge in [-0.3, -0.25) is 10.1 Å². The van der Waals surface area contributed by atoms with Crippen LogP contribution in [0, 0.1) is 22.0 Å². The number of aromatic nitrogens is 1. The highest BCUT2D eigenvalue weighted by atomic mass is 79.9. The van der Waals surface area contributed by atoms with Crippen molar-refractivity contribution in [1.29, 1.82) is 0 Å². The summed E-state index contributed by atoms with van der Waals surface area (Å²) in [4.78, 5) is 17.3. The molecule has 0 N–H and O–H groups in total. The number of nitro groups is 1. The third-order valence-electron chi connectivity index (χ3n) is 3.66.